The van der Waals surface area contributed by atoms with Crippen LogP contribution in [0.5, 0.6) is 0 Å². The lowest BCUT2D eigenvalue weighted by atomic mass is 10.0. The zero-order valence-electron chi connectivity index (χ0n) is 10.5. The SMILES string of the molecule is CCCCNC(=O)N(CC)C(C)(C)CN. The van der Waals surface area contributed by atoms with Gasteiger partial charge < -0.3 is 16.0 Å². The monoisotopic (exact) mass is 215 g/mol. The molecule has 0 bridgehead atoms. The summed E-state index contributed by atoms with van der Waals surface area (Å²) in [6, 6.07) is -0.0126. The average molecular weight is 215 g/mol. The van der Waals surface area contributed by atoms with Crippen LogP contribution >= 0.6 is 0 Å². The predicted octanol–water partition coefficient (Wildman–Crippen LogP) is 1.56. The van der Waals surface area contributed by atoms with Crippen molar-refractivity contribution in [1.29, 1.82) is 0 Å². The highest BCUT2D eigenvalue weighted by Crippen LogP contribution is 2.12. The predicted molar refractivity (Wildman–Crippen MR) is 63.8 cm³/mol. The first-order chi connectivity index (χ1) is 6.99. The van der Waals surface area contributed by atoms with Gasteiger partial charge in [0.15, 0.2) is 0 Å². The van der Waals surface area contributed by atoms with Gasteiger partial charge in [-0.3, -0.25) is 0 Å². The summed E-state index contributed by atoms with van der Waals surface area (Å²) >= 11 is 0. The Morgan fingerprint density at radius 2 is 2.00 bits per heavy atom. The van der Waals surface area contributed by atoms with Gasteiger partial charge in [0.25, 0.3) is 0 Å². The average Bonchev–Trinajstić information content (AvgIpc) is 2.19. The third kappa shape index (κ3) is 4.51. The summed E-state index contributed by atoms with van der Waals surface area (Å²) in [6.07, 6.45) is 2.11. The molecule has 0 atom stereocenters. The summed E-state index contributed by atoms with van der Waals surface area (Å²) in [6.45, 7) is 9.94. The van der Waals surface area contributed by atoms with Crippen LogP contribution in [-0.2, 0) is 0 Å². The van der Waals surface area contributed by atoms with E-state index in [1.54, 1.807) is 4.90 Å². The number of rotatable bonds is 6. The molecule has 0 radical (unpaired) electrons. The van der Waals surface area contributed by atoms with E-state index in [9.17, 15) is 4.79 Å². The number of carbonyl (C=O) groups excluding carboxylic acids is 1. The lowest BCUT2D eigenvalue weighted by Gasteiger charge is -2.36. The molecule has 15 heavy (non-hydrogen) atoms. The van der Waals surface area contributed by atoms with Crippen LogP contribution in [0.2, 0.25) is 0 Å². The number of likely N-dealkylation sites (N-methyl/N-ethyl adjacent to an activating group) is 1. The molecule has 4 heteroatoms. The van der Waals surface area contributed by atoms with Gasteiger partial charge in [0.1, 0.15) is 0 Å². The van der Waals surface area contributed by atoms with Crippen molar-refractivity contribution in [2.24, 2.45) is 5.73 Å². The van der Waals surface area contributed by atoms with Crippen LogP contribution in [0.1, 0.15) is 40.5 Å². The van der Waals surface area contributed by atoms with E-state index in [1.807, 2.05) is 20.8 Å². The number of nitrogens with one attached hydrogen (secondary N) is 1. The van der Waals surface area contributed by atoms with Crippen molar-refractivity contribution in [2.45, 2.75) is 46.1 Å². The molecule has 0 rings (SSSR count). The van der Waals surface area contributed by atoms with Crippen molar-refractivity contribution >= 4 is 6.03 Å². The molecule has 0 saturated carbocycles. The van der Waals surface area contributed by atoms with E-state index in [0.717, 1.165) is 19.4 Å². The first kappa shape index (κ1) is 14.2. The Morgan fingerprint density at radius 1 is 1.40 bits per heavy atom. The lowest BCUT2D eigenvalue weighted by Crippen LogP contribution is -2.55. The minimum Gasteiger partial charge on any atom is -0.338 e. The maximum absolute atomic E-state index is 11.8. The van der Waals surface area contributed by atoms with Gasteiger partial charge >= 0.3 is 6.03 Å². The summed E-state index contributed by atoms with van der Waals surface area (Å²) in [5.74, 6) is 0. The molecular weight excluding hydrogens is 190 g/mol. The van der Waals surface area contributed by atoms with E-state index in [-0.39, 0.29) is 11.6 Å². The van der Waals surface area contributed by atoms with Crippen LogP contribution in [0, 0.1) is 0 Å². The second kappa shape index (κ2) is 6.67. The number of amides is 2. The van der Waals surface area contributed by atoms with Crippen LogP contribution in [0.3, 0.4) is 0 Å². The number of nitrogens with zero attached hydrogens (tertiary/aromatic N) is 1. The third-order valence-corrected chi connectivity index (χ3v) is 2.60. The first-order valence-electron chi connectivity index (χ1n) is 5.75. The number of nitrogens with two attached hydrogens (primary N) is 1. The number of carbonyl (C=O) groups is 1. The molecule has 0 aliphatic carbocycles. The Hall–Kier alpha value is -0.770. The highest BCUT2D eigenvalue weighted by Gasteiger charge is 2.27. The lowest BCUT2D eigenvalue weighted by molar-refractivity contribution is 0.143. The maximum atomic E-state index is 11.8. The molecule has 0 aromatic heterocycles. The summed E-state index contributed by atoms with van der Waals surface area (Å²) < 4.78 is 0. The van der Waals surface area contributed by atoms with Crippen molar-refractivity contribution in [2.75, 3.05) is 19.6 Å². The summed E-state index contributed by atoms with van der Waals surface area (Å²) in [5, 5.41) is 2.91. The molecule has 0 aliphatic heterocycles. The Kier molecular flexibility index (Phi) is 6.32. The fraction of sp³-hybridized carbons (Fsp3) is 0.909. The van der Waals surface area contributed by atoms with Gasteiger partial charge in [-0.05, 0) is 27.2 Å². The molecule has 0 fully saturated rings. The number of hydrogen-bond acceptors (Lipinski definition) is 2. The van der Waals surface area contributed by atoms with Crippen molar-refractivity contribution in [1.82, 2.24) is 10.2 Å². The molecule has 2 amide bonds. The largest absolute Gasteiger partial charge is 0.338 e. The number of urea groups is 1. The minimum atomic E-state index is -0.273. The van der Waals surface area contributed by atoms with Gasteiger partial charge in [0.2, 0.25) is 0 Å². The zero-order chi connectivity index (χ0) is 11.9. The number of hydrogen-bond donors (Lipinski definition) is 2. The summed E-state index contributed by atoms with van der Waals surface area (Å²) in [5.41, 5.74) is 5.38. The van der Waals surface area contributed by atoms with E-state index in [4.69, 9.17) is 5.73 Å². The van der Waals surface area contributed by atoms with Crippen molar-refractivity contribution in [3.8, 4) is 0 Å². The highest BCUT2D eigenvalue weighted by molar-refractivity contribution is 5.75. The van der Waals surface area contributed by atoms with Gasteiger partial charge in [-0.2, -0.15) is 0 Å². The second-order valence-corrected chi connectivity index (χ2v) is 4.35. The standard InChI is InChI=1S/C11H25N3O/c1-5-7-8-13-10(15)14(6-2)11(3,4)9-12/h5-9,12H2,1-4H3,(H,13,15). The van der Waals surface area contributed by atoms with E-state index in [2.05, 4.69) is 12.2 Å². The normalized spacial score (nSPS) is 11.3. The van der Waals surface area contributed by atoms with Gasteiger partial charge in [-0.25, -0.2) is 4.79 Å². The molecule has 90 valence electrons. The topological polar surface area (TPSA) is 58.4 Å². The number of unbranched alkanes of at least 4 members (excludes halogenated alkanes) is 1. The summed E-state index contributed by atoms with van der Waals surface area (Å²) in [4.78, 5) is 13.6. The fourth-order valence-corrected chi connectivity index (χ4v) is 1.42. The second-order valence-electron chi connectivity index (χ2n) is 4.35. The van der Waals surface area contributed by atoms with E-state index >= 15 is 0 Å². The molecule has 0 heterocycles. The Labute approximate surface area is 93.2 Å². The van der Waals surface area contributed by atoms with E-state index in [0.29, 0.717) is 13.1 Å². The minimum absolute atomic E-state index is 0.0126. The van der Waals surface area contributed by atoms with Crippen LogP contribution in [0.25, 0.3) is 0 Å². The van der Waals surface area contributed by atoms with Gasteiger partial charge in [0, 0.05) is 19.6 Å². The van der Waals surface area contributed by atoms with E-state index < -0.39 is 0 Å². The van der Waals surface area contributed by atoms with Crippen molar-refractivity contribution in [3.63, 3.8) is 0 Å². The molecule has 0 unspecified atom stereocenters. The maximum Gasteiger partial charge on any atom is 0.317 e. The van der Waals surface area contributed by atoms with Crippen molar-refractivity contribution < 1.29 is 4.79 Å². The van der Waals surface area contributed by atoms with Crippen LogP contribution < -0.4 is 11.1 Å². The van der Waals surface area contributed by atoms with Crippen molar-refractivity contribution in [3.05, 3.63) is 0 Å². The molecule has 0 aromatic rings. The highest BCUT2D eigenvalue weighted by atomic mass is 16.2. The molecule has 0 aromatic carbocycles. The van der Waals surface area contributed by atoms with Crippen LogP contribution in [0.15, 0.2) is 0 Å². The Balaban J connectivity index is 4.22. The van der Waals surface area contributed by atoms with Gasteiger partial charge in [-0.15, -0.1) is 0 Å². The van der Waals surface area contributed by atoms with Crippen LogP contribution in [0.4, 0.5) is 4.79 Å². The third-order valence-electron chi connectivity index (χ3n) is 2.60. The first-order valence-corrected chi connectivity index (χ1v) is 5.75. The quantitative estimate of drug-likeness (QED) is 0.661. The molecule has 4 nitrogen and oxygen atoms in total. The molecule has 0 aliphatic rings. The Morgan fingerprint density at radius 3 is 2.40 bits per heavy atom. The smallest absolute Gasteiger partial charge is 0.317 e. The Bertz CT molecular complexity index is 192. The van der Waals surface area contributed by atoms with Crippen LogP contribution in [-0.4, -0.2) is 36.1 Å². The fourth-order valence-electron chi connectivity index (χ4n) is 1.42. The molecule has 3 N–H and O–H groups in total. The van der Waals surface area contributed by atoms with Gasteiger partial charge in [0.05, 0.1) is 5.54 Å². The summed E-state index contributed by atoms with van der Waals surface area (Å²) in [7, 11) is 0. The van der Waals surface area contributed by atoms with E-state index in [1.165, 1.54) is 0 Å². The van der Waals surface area contributed by atoms with Gasteiger partial charge in [-0.1, -0.05) is 13.3 Å². The zero-order valence-corrected chi connectivity index (χ0v) is 10.5. The molecular formula is C11H25N3O. The molecule has 0 spiro atoms. The molecule has 0 saturated heterocycles.